The smallest absolute Gasteiger partial charge is 0.125 e. The Morgan fingerprint density at radius 3 is 3.12 bits per heavy atom. The van der Waals surface area contributed by atoms with E-state index in [0.29, 0.717) is 5.75 Å². The van der Waals surface area contributed by atoms with Gasteiger partial charge in [-0.2, -0.15) is 0 Å². The minimum absolute atomic E-state index is 0.394. The van der Waals surface area contributed by atoms with Crippen molar-refractivity contribution >= 4 is 10.9 Å². The first-order chi connectivity index (χ1) is 8.24. The first kappa shape index (κ1) is 10.7. The molecule has 0 amide bonds. The van der Waals surface area contributed by atoms with Crippen molar-refractivity contribution in [2.24, 2.45) is 5.92 Å². The van der Waals surface area contributed by atoms with Crippen LogP contribution in [0.5, 0.6) is 5.75 Å². The highest BCUT2D eigenvalue weighted by atomic mass is 16.3. The van der Waals surface area contributed by atoms with Gasteiger partial charge in [0.15, 0.2) is 0 Å². The monoisotopic (exact) mass is 230 g/mol. The van der Waals surface area contributed by atoms with Gasteiger partial charge in [0, 0.05) is 23.6 Å². The number of aromatic amines is 1. The summed E-state index contributed by atoms with van der Waals surface area (Å²) in [7, 11) is 2.17. The fourth-order valence-electron chi connectivity index (χ4n) is 2.90. The molecule has 3 nitrogen and oxygen atoms in total. The summed E-state index contributed by atoms with van der Waals surface area (Å²) < 4.78 is 0. The summed E-state index contributed by atoms with van der Waals surface area (Å²) in [5.41, 5.74) is 2.28. The number of aromatic hydroxyl groups is 1. The van der Waals surface area contributed by atoms with Crippen LogP contribution in [0.25, 0.3) is 10.9 Å². The van der Waals surface area contributed by atoms with E-state index in [1.807, 2.05) is 18.3 Å². The fraction of sp³-hybridized carbons (Fsp3) is 0.429. The van der Waals surface area contributed by atoms with E-state index >= 15 is 0 Å². The van der Waals surface area contributed by atoms with Gasteiger partial charge in [-0.05, 0) is 50.0 Å². The lowest BCUT2D eigenvalue weighted by Gasteiger charge is -2.09. The summed E-state index contributed by atoms with van der Waals surface area (Å²) in [6, 6.07) is 5.65. The van der Waals surface area contributed by atoms with Crippen molar-refractivity contribution in [3.8, 4) is 5.75 Å². The summed E-state index contributed by atoms with van der Waals surface area (Å²) in [5.74, 6) is 1.11. The lowest BCUT2D eigenvalue weighted by molar-refractivity contribution is 0.394. The van der Waals surface area contributed by atoms with E-state index in [-0.39, 0.29) is 0 Å². The third kappa shape index (κ3) is 1.91. The molecule has 90 valence electrons. The van der Waals surface area contributed by atoms with Crippen LogP contribution in [-0.4, -0.2) is 35.1 Å². The lowest BCUT2D eigenvalue weighted by Crippen LogP contribution is -2.14. The molecule has 17 heavy (non-hydrogen) atoms. The van der Waals surface area contributed by atoms with Crippen molar-refractivity contribution in [3.63, 3.8) is 0 Å². The zero-order valence-electron chi connectivity index (χ0n) is 10.1. The Morgan fingerprint density at radius 1 is 1.47 bits per heavy atom. The van der Waals surface area contributed by atoms with Gasteiger partial charge in [-0.3, -0.25) is 0 Å². The quantitative estimate of drug-likeness (QED) is 0.831. The largest absolute Gasteiger partial charge is 0.507 e. The average molecular weight is 230 g/mol. The molecule has 0 spiro atoms. The van der Waals surface area contributed by atoms with Crippen molar-refractivity contribution < 1.29 is 5.11 Å². The molecule has 0 bridgehead atoms. The highest BCUT2D eigenvalue weighted by Gasteiger charge is 2.21. The van der Waals surface area contributed by atoms with Crippen LogP contribution in [0.1, 0.15) is 12.0 Å². The van der Waals surface area contributed by atoms with Gasteiger partial charge in [0.25, 0.3) is 0 Å². The molecule has 0 saturated carbocycles. The molecule has 1 fully saturated rings. The van der Waals surface area contributed by atoms with Crippen LogP contribution < -0.4 is 0 Å². The summed E-state index contributed by atoms with van der Waals surface area (Å²) in [4.78, 5) is 5.61. The maximum Gasteiger partial charge on any atom is 0.125 e. The van der Waals surface area contributed by atoms with Crippen LogP contribution in [0.3, 0.4) is 0 Å². The van der Waals surface area contributed by atoms with Gasteiger partial charge in [0.1, 0.15) is 5.75 Å². The Labute approximate surface area is 101 Å². The van der Waals surface area contributed by atoms with E-state index in [1.165, 1.54) is 25.1 Å². The van der Waals surface area contributed by atoms with Crippen LogP contribution in [0.2, 0.25) is 0 Å². The van der Waals surface area contributed by atoms with Crippen LogP contribution in [0.15, 0.2) is 24.4 Å². The number of hydrogen-bond donors (Lipinski definition) is 2. The molecule has 3 heteroatoms. The molecular formula is C14H18N2O. The van der Waals surface area contributed by atoms with Gasteiger partial charge >= 0.3 is 0 Å². The average Bonchev–Trinajstić information content (AvgIpc) is 2.88. The molecule has 1 atom stereocenters. The molecule has 2 N–H and O–H groups in total. The van der Waals surface area contributed by atoms with Crippen molar-refractivity contribution in [2.75, 3.05) is 20.1 Å². The number of likely N-dealkylation sites (tertiary alicyclic amines) is 1. The van der Waals surface area contributed by atoms with E-state index in [9.17, 15) is 5.11 Å². The van der Waals surface area contributed by atoms with E-state index < -0.39 is 0 Å². The number of H-pyrrole nitrogens is 1. The van der Waals surface area contributed by atoms with Crippen molar-refractivity contribution in [1.82, 2.24) is 9.88 Å². The first-order valence-corrected chi connectivity index (χ1v) is 6.20. The molecule has 0 radical (unpaired) electrons. The van der Waals surface area contributed by atoms with Crippen LogP contribution in [-0.2, 0) is 6.42 Å². The number of hydrogen-bond acceptors (Lipinski definition) is 2. The zero-order chi connectivity index (χ0) is 11.8. The Hall–Kier alpha value is -1.48. The van der Waals surface area contributed by atoms with Crippen molar-refractivity contribution in [3.05, 3.63) is 30.0 Å². The van der Waals surface area contributed by atoms with E-state index in [4.69, 9.17) is 0 Å². The summed E-state index contributed by atoms with van der Waals surface area (Å²) in [6.45, 7) is 2.36. The number of phenolic OH excluding ortho intramolecular Hbond substituents is 1. The number of fused-ring (bicyclic) bond motifs is 1. The van der Waals surface area contributed by atoms with Gasteiger partial charge < -0.3 is 15.0 Å². The molecular weight excluding hydrogens is 212 g/mol. The third-order valence-electron chi connectivity index (χ3n) is 3.76. The molecule has 2 heterocycles. The summed E-state index contributed by atoms with van der Waals surface area (Å²) >= 11 is 0. The SMILES string of the molecule is CN1CC[C@@H](Cc2c[nH]c3cccc(O)c23)C1. The first-order valence-electron chi connectivity index (χ1n) is 6.20. The number of rotatable bonds is 2. The molecule has 0 aliphatic carbocycles. The fourth-order valence-corrected chi connectivity index (χ4v) is 2.90. The van der Waals surface area contributed by atoms with Crippen LogP contribution >= 0.6 is 0 Å². The molecule has 0 unspecified atom stereocenters. The maximum absolute atomic E-state index is 9.94. The Bertz CT molecular complexity index is 532. The second-order valence-electron chi connectivity index (χ2n) is 5.13. The minimum atomic E-state index is 0.394. The van der Waals surface area contributed by atoms with Gasteiger partial charge in [-0.1, -0.05) is 6.07 Å². The number of benzene rings is 1. The Balaban J connectivity index is 1.90. The second-order valence-corrected chi connectivity index (χ2v) is 5.13. The second kappa shape index (κ2) is 4.08. The Kier molecular flexibility index (Phi) is 2.56. The molecule has 3 rings (SSSR count). The van der Waals surface area contributed by atoms with Crippen LogP contribution in [0, 0.1) is 5.92 Å². The highest BCUT2D eigenvalue weighted by Crippen LogP contribution is 2.30. The standard InChI is InChI=1S/C14H18N2O/c1-16-6-5-10(9-16)7-11-8-15-12-3-2-4-13(17)14(11)12/h2-4,8,10,15,17H,5-7,9H2,1H3/t10-/m0/s1. The summed E-state index contributed by atoms with van der Waals surface area (Å²) in [6.07, 6.45) is 4.36. The Morgan fingerprint density at radius 2 is 2.35 bits per heavy atom. The highest BCUT2D eigenvalue weighted by molar-refractivity contribution is 5.88. The van der Waals surface area contributed by atoms with Crippen molar-refractivity contribution in [1.29, 1.82) is 0 Å². The predicted octanol–water partition coefficient (Wildman–Crippen LogP) is 2.37. The summed E-state index contributed by atoms with van der Waals surface area (Å²) in [5, 5.41) is 10.9. The van der Waals surface area contributed by atoms with Gasteiger partial charge in [-0.25, -0.2) is 0 Å². The number of nitrogens with one attached hydrogen (secondary N) is 1. The zero-order valence-corrected chi connectivity index (χ0v) is 10.1. The number of aromatic nitrogens is 1. The topological polar surface area (TPSA) is 39.3 Å². The van der Waals surface area contributed by atoms with Crippen LogP contribution in [0.4, 0.5) is 0 Å². The van der Waals surface area contributed by atoms with Crippen molar-refractivity contribution in [2.45, 2.75) is 12.8 Å². The lowest BCUT2D eigenvalue weighted by atomic mass is 9.98. The maximum atomic E-state index is 9.94. The molecule has 2 aromatic rings. The molecule has 1 saturated heterocycles. The minimum Gasteiger partial charge on any atom is -0.507 e. The van der Waals surface area contributed by atoms with Gasteiger partial charge in [-0.15, -0.1) is 0 Å². The number of nitrogens with zero attached hydrogens (tertiary/aromatic N) is 1. The van der Waals surface area contributed by atoms with E-state index in [1.54, 1.807) is 6.07 Å². The molecule has 1 aliphatic rings. The predicted molar refractivity (Wildman–Crippen MR) is 69.3 cm³/mol. The molecule has 1 aromatic carbocycles. The normalized spacial score (nSPS) is 21.4. The molecule has 1 aromatic heterocycles. The number of phenols is 1. The van der Waals surface area contributed by atoms with Gasteiger partial charge in [0.2, 0.25) is 0 Å². The third-order valence-corrected chi connectivity index (χ3v) is 3.76. The van der Waals surface area contributed by atoms with E-state index in [0.717, 1.165) is 23.2 Å². The van der Waals surface area contributed by atoms with E-state index in [2.05, 4.69) is 16.9 Å². The molecule has 1 aliphatic heterocycles. The van der Waals surface area contributed by atoms with Gasteiger partial charge in [0.05, 0.1) is 0 Å².